The number of nitrogens with one attached hydrogen (secondary N) is 1. The zero-order valence-electron chi connectivity index (χ0n) is 9.33. The molecule has 1 saturated carbocycles. The number of rotatable bonds is 3. The molecule has 2 rings (SSSR count). The summed E-state index contributed by atoms with van der Waals surface area (Å²) in [6.07, 6.45) is 3.16. The van der Waals surface area contributed by atoms with Crippen molar-refractivity contribution in [1.29, 1.82) is 0 Å². The molecule has 1 aliphatic rings. The number of halogens is 3. The lowest BCUT2D eigenvalue weighted by Gasteiger charge is -2.25. The Kier molecular flexibility index (Phi) is 4.84. The highest BCUT2D eigenvalue weighted by atomic mass is 35.5. The average Bonchev–Trinajstić information content (AvgIpc) is 2.62. The Morgan fingerprint density at radius 1 is 1.22 bits per heavy atom. The van der Waals surface area contributed by atoms with Crippen molar-refractivity contribution >= 4 is 56.2 Å². The van der Waals surface area contributed by atoms with Crippen LogP contribution in [0.1, 0.15) is 25.7 Å². The number of hydrogen-bond donors (Lipinski definition) is 1. The van der Waals surface area contributed by atoms with E-state index in [-0.39, 0.29) is 20.7 Å². The summed E-state index contributed by atoms with van der Waals surface area (Å²) in [6, 6.07) is 1.31. The molecule has 0 saturated heterocycles. The smallest absolute Gasteiger partial charge is 0.208 e. The fourth-order valence-corrected chi connectivity index (χ4v) is 5.67. The lowest BCUT2D eigenvalue weighted by molar-refractivity contribution is 0.416. The van der Waals surface area contributed by atoms with Crippen molar-refractivity contribution in [2.45, 2.75) is 42.0 Å². The molecular weight excluding hydrogens is 337 g/mol. The number of hydrogen-bond acceptors (Lipinski definition) is 3. The normalized spacial score (nSPS) is 25.3. The molecule has 3 nitrogen and oxygen atoms in total. The molecule has 1 aromatic rings. The molecule has 0 radical (unpaired) electrons. The largest absolute Gasteiger partial charge is 0.243 e. The van der Waals surface area contributed by atoms with Gasteiger partial charge >= 0.3 is 0 Å². The van der Waals surface area contributed by atoms with Gasteiger partial charge in [-0.1, -0.05) is 23.2 Å². The summed E-state index contributed by atoms with van der Waals surface area (Å²) in [5, 5.41) is 0.157. The highest BCUT2D eigenvalue weighted by molar-refractivity contribution is 7.89. The van der Waals surface area contributed by atoms with Crippen molar-refractivity contribution < 1.29 is 8.42 Å². The molecule has 8 heteroatoms. The zero-order chi connectivity index (χ0) is 13.3. The molecule has 1 aliphatic carbocycles. The first-order valence-corrected chi connectivity index (χ1v) is 8.99. The predicted octanol–water partition coefficient (Wildman–Crippen LogP) is 3.88. The molecule has 102 valence electrons. The van der Waals surface area contributed by atoms with E-state index in [0.717, 1.165) is 37.0 Å². The van der Waals surface area contributed by atoms with Crippen molar-refractivity contribution in [2.75, 3.05) is 0 Å². The summed E-state index contributed by atoms with van der Waals surface area (Å²) in [7, 11) is -3.59. The molecule has 1 aromatic heterocycles. The van der Waals surface area contributed by atoms with Crippen LogP contribution < -0.4 is 4.72 Å². The summed E-state index contributed by atoms with van der Waals surface area (Å²) in [5.74, 6) is 0. The molecule has 0 amide bonds. The zero-order valence-corrected chi connectivity index (χ0v) is 13.2. The van der Waals surface area contributed by atoms with Crippen LogP contribution in [-0.4, -0.2) is 19.8 Å². The Hall–Kier alpha value is 0.480. The lowest BCUT2D eigenvalue weighted by atomic mass is 9.96. The molecule has 1 fully saturated rings. The van der Waals surface area contributed by atoms with Crippen molar-refractivity contribution in [1.82, 2.24) is 4.72 Å². The first-order chi connectivity index (χ1) is 8.38. The Balaban J connectivity index is 2.10. The molecular formula is C10H12Cl3NO2S2. The van der Waals surface area contributed by atoms with Gasteiger partial charge in [0.2, 0.25) is 10.0 Å². The van der Waals surface area contributed by atoms with Crippen LogP contribution in [0.25, 0.3) is 0 Å². The maximum absolute atomic E-state index is 12.1. The molecule has 1 heterocycles. The van der Waals surface area contributed by atoms with Gasteiger partial charge in [-0.25, -0.2) is 13.1 Å². The Labute approximate surface area is 125 Å². The van der Waals surface area contributed by atoms with E-state index in [1.165, 1.54) is 6.07 Å². The topological polar surface area (TPSA) is 46.2 Å². The minimum Gasteiger partial charge on any atom is -0.208 e. The third-order valence-corrected chi connectivity index (χ3v) is 6.60. The number of thiophene rings is 1. The van der Waals surface area contributed by atoms with Gasteiger partial charge in [0, 0.05) is 11.4 Å². The molecule has 18 heavy (non-hydrogen) atoms. The van der Waals surface area contributed by atoms with Gasteiger partial charge in [-0.15, -0.1) is 22.9 Å². The first-order valence-electron chi connectivity index (χ1n) is 5.50. The second kappa shape index (κ2) is 5.85. The number of sulfonamides is 1. The van der Waals surface area contributed by atoms with E-state index in [4.69, 9.17) is 34.8 Å². The minimum atomic E-state index is -3.59. The predicted molar refractivity (Wildman–Crippen MR) is 76.6 cm³/mol. The van der Waals surface area contributed by atoms with Crippen LogP contribution in [0, 0.1) is 0 Å². The summed E-state index contributed by atoms with van der Waals surface area (Å²) in [5.41, 5.74) is 0. The van der Waals surface area contributed by atoms with Crippen molar-refractivity contribution in [3.63, 3.8) is 0 Å². The van der Waals surface area contributed by atoms with Crippen LogP contribution in [0.3, 0.4) is 0 Å². The van der Waals surface area contributed by atoms with E-state index in [9.17, 15) is 8.42 Å². The molecule has 0 unspecified atom stereocenters. The third kappa shape index (κ3) is 3.52. The van der Waals surface area contributed by atoms with Crippen LogP contribution in [0.15, 0.2) is 11.0 Å². The first kappa shape index (κ1) is 14.9. The summed E-state index contributed by atoms with van der Waals surface area (Å²) in [6.45, 7) is 0. The molecule has 0 bridgehead atoms. The highest BCUT2D eigenvalue weighted by Gasteiger charge is 2.27. The van der Waals surface area contributed by atoms with Gasteiger partial charge in [-0.05, 0) is 31.7 Å². The van der Waals surface area contributed by atoms with Crippen molar-refractivity contribution in [3.8, 4) is 0 Å². The third-order valence-electron chi connectivity index (χ3n) is 2.89. The molecule has 0 aromatic carbocycles. The van der Waals surface area contributed by atoms with Crippen LogP contribution >= 0.6 is 46.1 Å². The monoisotopic (exact) mass is 347 g/mol. The quantitative estimate of drug-likeness (QED) is 0.842. The van der Waals surface area contributed by atoms with Gasteiger partial charge in [0.25, 0.3) is 0 Å². The SMILES string of the molecule is O=S(=O)(NC1CCC(Cl)CC1)c1cc(Cl)sc1Cl. The highest BCUT2D eigenvalue weighted by Crippen LogP contribution is 2.34. The molecule has 1 N–H and O–H groups in total. The lowest BCUT2D eigenvalue weighted by Crippen LogP contribution is -2.37. The Morgan fingerprint density at radius 2 is 1.83 bits per heavy atom. The van der Waals surface area contributed by atoms with Gasteiger partial charge in [-0.2, -0.15) is 0 Å². The van der Waals surface area contributed by atoms with Gasteiger partial charge in [-0.3, -0.25) is 0 Å². The average molecular weight is 349 g/mol. The summed E-state index contributed by atoms with van der Waals surface area (Å²) >= 11 is 18.7. The van der Waals surface area contributed by atoms with Gasteiger partial charge in [0.15, 0.2) is 0 Å². The van der Waals surface area contributed by atoms with Gasteiger partial charge in [0.05, 0.1) is 4.34 Å². The van der Waals surface area contributed by atoms with Crippen molar-refractivity contribution in [2.24, 2.45) is 0 Å². The van der Waals surface area contributed by atoms with E-state index in [0.29, 0.717) is 4.34 Å². The maximum atomic E-state index is 12.1. The van der Waals surface area contributed by atoms with Crippen LogP contribution in [-0.2, 0) is 10.0 Å². The second-order valence-corrected chi connectivity index (χ2v) is 8.84. The minimum absolute atomic E-state index is 0.0622. The van der Waals surface area contributed by atoms with E-state index >= 15 is 0 Å². The second-order valence-electron chi connectivity index (χ2n) is 4.26. The Bertz CT molecular complexity index is 521. The van der Waals surface area contributed by atoms with Gasteiger partial charge < -0.3 is 0 Å². The Morgan fingerprint density at radius 3 is 2.33 bits per heavy atom. The van der Waals surface area contributed by atoms with Crippen LogP contribution in [0.2, 0.25) is 8.67 Å². The van der Waals surface area contributed by atoms with Crippen LogP contribution in [0.4, 0.5) is 0 Å². The van der Waals surface area contributed by atoms with E-state index in [1.54, 1.807) is 0 Å². The summed E-state index contributed by atoms with van der Waals surface area (Å²) < 4.78 is 27.5. The van der Waals surface area contributed by atoms with Gasteiger partial charge in [0.1, 0.15) is 9.23 Å². The summed E-state index contributed by atoms with van der Waals surface area (Å²) in [4.78, 5) is 0.0622. The van der Waals surface area contributed by atoms with E-state index in [2.05, 4.69) is 4.72 Å². The maximum Gasteiger partial charge on any atom is 0.243 e. The fraction of sp³-hybridized carbons (Fsp3) is 0.600. The molecule has 0 spiro atoms. The number of alkyl halides is 1. The van der Waals surface area contributed by atoms with Crippen molar-refractivity contribution in [3.05, 3.63) is 14.7 Å². The van der Waals surface area contributed by atoms with E-state index in [1.807, 2.05) is 0 Å². The van der Waals surface area contributed by atoms with Crippen LogP contribution in [0.5, 0.6) is 0 Å². The molecule has 0 atom stereocenters. The molecule has 0 aliphatic heterocycles. The fourth-order valence-electron chi connectivity index (χ4n) is 1.96. The van der Waals surface area contributed by atoms with E-state index < -0.39 is 10.0 Å². The standard InChI is InChI=1S/C10H12Cl3NO2S2/c11-6-1-3-7(4-2-6)14-18(15,16)8-5-9(12)17-10(8)13/h5-7,14H,1-4H2.